The van der Waals surface area contributed by atoms with Crippen LogP contribution in [0, 0.1) is 17.7 Å². The summed E-state index contributed by atoms with van der Waals surface area (Å²) in [5.74, 6) is -1.50. The highest BCUT2D eigenvalue weighted by atomic mass is 19.3. The van der Waals surface area contributed by atoms with Gasteiger partial charge in [-0.15, -0.1) is 6.58 Å². The quantitative estimate of drug-likeness (QED) is 0.461. The summed E-state index contributed by atoms with van der Waals surface area (Å²) in [6, 6.07) is 8.29. The molecule has 1 saturated carbocycles. The van der Waals surface area contributed by atoms with Gasteiger partial charge in [-0.05, 0) is 79.3 Å². The Morgan fingerprint density at radius 1 is 1.11 bits per heavy atom. The molecule has 0 saturated heterocycles. The normalized spacial score (nSPS) is 20.6. The summed E-state index contributed by atoms with van der Waals surface area (Å²) < 4.78 is 48.7. The summed E-state index contributed by atoms with van der Waals surface area (Å²) in [5, 5.41) is 1.40. The number of allylic oxidation sites excluding steroid dienone is 1. The molecule has 2 aromatic rings. The van der Waals surface area contributed by atoms with E-state index in [0.717, 1.165) is 37.7 Å². The molecular formula is C23H27F3O. The zero-order chi connectivity index (χ0) is 19.4. The molecule has 0 bridgehead atoms. The van der Waals surface area contributed by atoms with E-state index < -0.39 is 17.8 Å². The van der Waals surface area contributed by atoms with Crippen molar-refractivity contribution < 1.29 is 17.9 Å². The molecule has 1 fully saturated rings. The second kappa shape index (κ2) is 8.37. The van der Waals surface area contributed by atoms with Crippen LogP contribution in [0.1, 0.15) is 51.0 Å². The number of rotatable bonds is 7. The first-order chi connectivity index (χ1) is 12.9. The Balaban J connectivity index is 1.71. The van der Waals surface area contributed by atoms with Crippen molar-refractivity contribution in [3.8, 4) is 5.75 Å². The molecule has 1 aliphatic carbocycles. The molecule has 27 heavy (non-hydrogen) atoms. The SMILES string of the molecule is C=CCCC1CCC(C(F)(F)Oc2cc3ccc(CC)cc3cc2F)CC1. The summed E-state index contributed by atoms with van der Waals surface area (Å²) in [6.07, 6.45) is 3.61. The maximum Gasteiger partial charge on any atom is 0.400 e. The highest BCUT2D eigenvalue weighted by Crippen LogP contribution is 2.42. The smallest absolute Gasteiger partial charge is 0.400 e. The molecule has 0 radical (unpaired) electrons. The van der Waals surface area contributed by atoms with Crippen LogP contribution >= 0.6 is 0 Å². The lowest BCUT2D eigenvalue weighted by atomic mass is 9.79. The Kier molecular flexibility index (Phi) is 6.13. The summed E-state index contributed by atoms with van der Waals surface area (Å²) in [7, 11) is 0. The minimum Gasteiger partial charge on any atom is -0.429 e. The third kappa shape index (κ3) is 4.66. The van der Waals surface area contributed by atoms with Gasteiger partial charge < -0.3 is 4.74 Å². The van der Waals surface area contributed by atoms with E-state index in [2.05, 4.69) is 6.58 Å². The average molecular weight is 376 g/mol. The van der Waals surface area contributed by atoms with E-state index in [4.69, 9.17) is 4.74 Å². The number of aryl methyl sites for hydroxylation is 1. The van der Waals surface area contributed by atoms with E-state index in [1.165, 1.54) is 12.1 Å². The van der Waals surface area contributed by atoms with E-state index in [1.54, 1.807) is 0 Å². The van der Waals surface area contributed by atoms with Gasteiger partial charge in [-0.25, -0.2) is 4.39 Å². The van der Waals surface area contributed by atoms with Crippen LogP contribution < -0.4 is 4.74 Å². The third-order valence-electron chi connectivity index (χ3n) is 5.71. The van der Waals surface area contributed by atoms with Gasteiger partial charge in [0, 0.05) is 0 Å². The largest absolute Gasteiger partial charge is 0.429 e. The minimum atomic E-state index is -3.36. The van der Waals surface area contributed by atoms with Crippen molar-refractivity contribution in [2.24, 2.45) is 11.8 Å². The van der Waals surface area contributed by atoms with Crippen molar-refractivity contribution in [3.63, 3.8) is 0 Å². The summed E-state index contributed by atoms with van der Waals surface area (Å²) in [6.45, 7) is 5.73. The molecule has 0 heterocycles. The van der Waals surface area contributed by atoms with Gasteiger partial charge in [0.2, 0.25) is 0 Å². The lowest BCUT2D eigenvalue weighted by Crippen LogP contribution is -2.37. The van der Waals surface area contributed by atoms with E-state index in [1.807, 2.05) is 31.2 Å². The third-order valence-corrected chi connectivity index (χ3v) is 5.71. The van der Waals surface area contributed by atoms with Crippen LogP contribution in [0.5, 0.6) is 5.75 Å². The van der Waals surface area contributed by atoms with Crippen LogP contribution in [0.2, 0.25) is 0 Å². The van der Waals surface area contributed by atoms with Crippen LogP contribution in [0.15, 0.2) is 43.0 Å². The van der Waals surface area contributed by atoms with Crippen LogP contribution in [-0.4, -0.2) is 6.11 Å². The van der Waals surface area contributed by atoms with Crippen molar-refractivity contribution in [1.82, 2.24) is 0 Å². The molecule has 0 N–H and O–H groups in total. The number of hydrogen-bond donors (Lipinski definition) is 0. The predicted molar refractivity (Wildman–Crippen MR) is 104 cm³/mol. The molecule has 0 atom stereocenters. The second-order valence-electron chi connectivity index (χ2n) is 7.57. The van der Waals surface area contributed by atoms with Gasteiger partial charge in [-0.3, -0.25) is 0 Å². The van der Waals surface area contributed by atoms with E-state index >= 15 is 0 Å². The van der Waals surface area contributed by atoms with Crippen molar-refractivity contribution in [3.05, 3.63) is 54.4 Å². The van der Waals surface area contributed by atoms with Crippen molar-refractivity contribution in [1.29, 1.82) is 0 Å². The van der Waals surface area contributed by atoms with Crippen LogP contribution in [0.25, 0.3) is 10.8 Å². The molecule has 0 spiro atoms. The fraction of sp³-hybridized carbons (Fsp3) is 0.478. The number of ether oxygens (including phenoxy) is 1. The molecule has 1 aliphatic rings. The Labute approximate surface area is 159 Å². The highest BCUT2D eigenvalue weighted by molar-refractivity contribution is 5.84. The lowest BCUT2D eigenvalue weighted by Gasteiger charge is -2.33. The number of halogens is 3. The predicted octanol–water partition coefficient (Wildman–Crippen LogP) is 7.29. The Bertz CT molecular complexity index is 792. The molecule has 0 amide bonds. The summed E-state index contributed by atoms with van der Waals surface area (Å²) in [4.78, 5) is 0. The van der Waals surface area contributed by atoms with E-state index in [9.17, 15) is 13.2 Å². The molecule has 1 nitrogen and oxygen atoms in total. The van der Waals surface area contributed by atoms with Crippen molar-refractivity contribution >= 4 is 10.8 Å². The fourth-order valence-corrected chi connectivity index (χ4v) is 3.97. The maximum atomic E-state index is 14.7. The van der Waals surface area contributed by atoms with E-state index in [0.29, 0.717) is 29.5 Å². The van der Waals surface area contributed by atoms with Gasteiger partial charge in [0.15, 0.2) is 11.6 Å². The fourth-order valence-electron chi connectivity index (χ4n) is 3.97. The van der Waals surface area contributed by atoms with Gasteiger partial charge in [0.1, 0.15) is 0 Å². The number of fused-ring (bicyclic) bond motifs is 1. The molecule has 0 unspecified atom stereocenters. The Morgan fingerprint density at radius 2 is 1.85 bits per heavy atom. The monoisotopic (exact) mass is 376 g/mol. The molecule has 0 aliphatic heterocycles. The summed E-state index contributed by atoms with van der Waals surface area (Å²) in [5.41, 5.74) is 1.08. The molecule has 3 rings (SSSR count). The first kappa shape index (κ1) is 19.8. The number of benzene rings is 2. The van der Waals surface area contributed by atoms with Crippen molar-refractivity contribution in [2.45, 2.75) is 58.0 Å². The van der Waals surface area contributed by atoms with Crippen LogP contribution in [-0.2, 0) is 6.42 Å². The molecule has 2 aromatic carbocycles. The highest BCUT2D eigenvalue weighted by Gasteiger charge is 2.44. The Hall–Kier alpha value is -1.97. The van der Waals surface area contributed by atoms with Gasteiger partial charge in [-0.1, -0.05) is 31.2 Å². The standard InChI is InChI=1S/C23H27F3O/c1-3-5-6-17-8-11-20(12-9-17)23(25,26)27-22-15-18-10-7-16(4-2)13-19(18)14-21(22)24/h3,7,10,13-15,17,20H,1,4-6,8-9,11-12H2,2H3. The average Bonchev–Trinajstić information content (AvgIpc) is 2.66. The molecular weight excluding hydrogens is 349 g/mol. The topological polar surface area (TPSA) is 9.23 Å². The lowest BCUT2D eigenvalue weighted by molar-refractivity contribution is -0.224. The zero-order valence-corrected chi connectivity index (χ0v) is 15.8. The van der Waals surface area contributed by atoms with Gasteiger partial charge in [0.25, 0.3) is 0 Å². The van der Waals surface area contributed by atoms with Gasteiger partial charge in [-0.2, -0.15) is 8.78 Å². The number of hydrogen-bond acceptors (Lipinski definition) is 1. The number of alkyl halides is 2. The van der Waals surface area contributed by atoms with Crippen LogP contribution in [0.3, 0.4) is 0 Å². The first-order valence-electron chi connectivity index (χ1n) is 9.83. The Morgan fingerprint density at radius 3 is 2.52 bits per heavy atom. The van der Waals surface area contributed by atoms with Gasteiger partial charge >= 0.3 is 6.11 Å². The van der Waals surface area contributed by atoms with Crippen LogP contribution in [0.4, 0.5) is 13.2 Å². The minimum absolute atomic E-state index is 0.370. The zero-order valence-electron chi connectivity index (χ0n) is 15.8. The molecule has 146 valence electrons. The first-order valence-corrected chi connectivity index (χ1v) is 9.83. The maximum absolute atomic E-state index is 14.7. The molecule has 0 aromatic heterocycles. The molecule has 4 heteroatoms. The second-order valence-corrected chi connectivity index (χ2v) is 7.57. The summed E-state index contributed by atoms with van der Waals surface area (Å²) >= 11 is 0. The van der Waals surface area contributed by atoms with Gasteiger partial charge in [0.05, 0.1) is 5.92 Å². The van der Waals surface area contributed by atoms with E-state index in [-0.39, 0.29) is 5.75 Å². The van der Waals surface area contributed by atoms with Crippen molar-refractivity contribution in [2.75, 3.05) is 0 Å².